The van der Waals surface area contributed by atoms with Gasteiger partial charge in [-0.15, -0.1) is 0 Å². The van der Waals surface area contributed by atoms with Crippen LogP contribution in [0.2, 0.25) is 0 Å². The summed E-state index contributed by atoms with van der Waals surface area (Å²) in [7, 11) is 1.49. The first-order chi connectivity index (χ1) is 15.5. The van der Waals surface area contributed by atoms with E-state index in [1.54, 1.807) is 24.3 Å². The van der Waals surface area contributed by atoms with Crippen molar-refractivity contribution >= 4 is 28.9 Å². The first kappa shape index (κ1) is 21.5. The molecule has 0 radical (unpaired) electrons. The lowest BCUT2D eigenvalue weighted by Gasteiger charge is -2.11. The van der Waals surface area contributed by atoms with E-state index in [1.807, 2.05) is 43.3 Å². The Balaban J connectivity index is 1.45. The van der Waals surface area contributed by atoms with Gasteiger partial charge in [0.2, 0.25) is 0 Å². The lowest BCUT2D eigenvalue weighted by molar-refractivity contribution is -0.122. The number of esters is 1. The number of amides is 1. The molecule has 1 amide bonds. The molecular weight excluding hydrogens is 408 g/mol. The largest absolute Gasteiger partial charge is 0.493 e. The van der Waals surface area contributed by atoms with Crippen LogP contribution in [-0.2, 0) is 4.79 Å². The summed E-state index contributed by atoms with van der Waals surface area (Å²) >= 11 is 0. The summed E-state index contributed by atoms with van der Waals surface area (Å²) in [6, 6.07) is 18.1. The van der Waals surface area contributed by atoms with Gasteiger partial charge in [0, 0.05) is 6.04 Å². The smallest absolute Gasteiger partial charge is 0.344 e. The molecule has 3 aromatic carbocycles. The number of ether oxygens (including phenoxy) is 2. The Morgan fingerprint density at radius 1 is 1.06 bits per heavy atom. The van der Waals surface area contributed by atoms with Gasteiger partial charge < -0.3 is 9.47 Å². The highest BCUT2D eigenvalue weighted by molar-refractivity contribution is 6.05. The Bertz CT molecular complexity index is 1170. The second-order valence-electron chi connectivity index (χ2n) is 7.54. The van der Waals surface area contributed by atoms with Crippen LogP contribution in [0.4, 0.5) is 0 Å². The molecule has 4 rings (SSSR count). The molecule has 1 aliphatic rings. The Kier molecular flexibility index (Phi) is 6.44. The topological polar surface area (TPSA) is 101 Å². The van der Waals surface area contributed by atoms with Gasteiger partial charge in [-0.1, -0.05) is 36.4 Å². The SMILES string of the molecule is COc1cc(/C=N/NC(=O)C2CC(C)NN2)ccc1OC(=O)c1cccc2ccccc12. The van der Waals surface area contributed by atoms with Gasteiger partial charge in [0.25, 0.3) is 5.91 Å². The molecular formula is C24H24N4O4. The Hall–Kier alpha value is -3.75. The van der Waals surface area contributed by atoms with Gasteiger partial charge in [-0.05, 0) is 53.9 Å². The zero-order valence-electron chi connectivity index (χ0n) is 17.8. The highest BCUT2D eigenvalue weighted by atomic mass is 16.6. The second-order valence-corrected chi connectivity index (χ2v) is 7.54. The quantitative estimate of drug-likeness (QED) is 0.240. The van der Waals surface area contributed by atoms with Crippen LogP contribution in [0.5, 0.6) is 11.5 Å². The summed E-state index contributed by atoms with van der Waals surface area (Å²) in [6.07, 6.45) is 2.19. The molecule has 8 nitrogen and oxygen atoms in total. The molecule has 8 heteroatoms. The van der Waals surface area contributed by atoms with Crippen molar-refractivity contribution in [1.29, 1.82) is 0 Å². The van der Waals surface area contributed by atoms with Crippen LogP contribution >= 0.6 is 0 Å². The minimum Gasteiger partial charge on any atom is -0.493 e. The van der Waals surface area contributed by atoms with E-state index in [1.165, 1.54) is 13.3 Å². The van der Waals surface area contributed by atoms with E-state index < -0.39 is 5.97 Å². The molecule has 1 saturated heterocycles. The van der Waals surface area contributed by atoms with E-state index in [0.29, 0.717) is 29.0 Å². The monoisotopic (exact) mass is 432 g/mol. The molecule has 0 spiro atoms. The number of nitrogens with one attached hydrogen (secondary N) is 3. The van der Waals surface area contributed by atoms with Gasteiger partial charge >= 0.3 is 5.97 Å². The predicted molar refractivity (Wildman–Crippen MR) is 122 cm³/mol. The molecule has 0 saturated carbocycles. The Morgan fingerprint density at radius 2 is 1.88 bits per heavy atom. The predicted octanol–water partition coefficient (Wildman–Crippen LogP) is 2.77. The van der Waals surface area contributed by atoms with E-state index in [-0.39, 0.29) is 18.0 Å². The van der Waals surface area contributed by atoms with Crippen molar-refractivity contribution in [3.05, 3.63) is 71.8 Å². The third kappa shape index (κ3) is 4.77. The maximum Gasteiger partial charge on any atom is 0.344 e. The highest BCUT2D eigenvalue weighted by Gasteiger charge is 2.26. The van der Waals surface area contributed by atoms with Gasteiger partial charge in [0.1, 0.15) is 6.04 Å². The van der Waals surface area contributed by atoms with Crippen molar-refractivity contribution in [2.45, 2.75) is 25.4 Å². The molecule has 3 N–H and O–H groups in total. The number of carbonyl (C=O) groups is 2. The van der Waals surface area contributed by atoms with Gasteiger partial charge in [-0.25, -0.2) is 15.6 Å². The Labute approximate surface area is 185 Å². The number of benzene rings is 3. The summed E-state index contributed by atoms with van der Waals surface area (Å²) in [5.74, 6) is -0.0161. The first-order valence-corrected chi connectivity index (χ1v) is 10.3. The molecule has 3 aromatic rings. The number of methoxy groups -OCH3 is 1. The summed E-state index contributed by atoms with van der Waals surface area (Å²) in [5.41, 5.74) is 9.59. The van der Waals surface area contributed by atoms with Crippen LogP contribution in [0.3, 0.4) is 0 Å². The number of nitrogens with zero attached hydrogens (tertiary/aromatic N) is 1. The molecule has 0 aromatic heterocycles. The maximum absolute atomic E-state index is 12.8. The minimum atomic E-state index is -0.472. The lowest BCUT2D eigenvalue weighted by atomic mass is 10.0. The third-order valence-corrected chi connectivity index (χ3v) is 5.20. The van der Waals surface area contributed by atoms with E-state index >= 15 is 0 Å². The molecule has 0 bridgehead atoms. The van der Waals surface area contributed by atoms with Crippen molar-refractivity contribution in [1.82, 2.24) is 16.3 Å². The highest BCUT2D eigenvalue weighted by Crippen LogP contribution is 2.29. The maximum atomic E-state index is 12.8. The summed E-state index contributed by atoms with van der Waals surface area (Å²) < 4.78 is 11.0. The van der Waals surface area contributed by atoms with E-state index in [0.717, 1.165) is 10.8 Å². The van der Waals surface area contributed by atoms with Crippen LogP contribution in [0.15, 0.2) is 65.8 Å². The number of hydrazine groups is 1. The average molecular weight is 432 g/mol. The molecule has 1 fully saturated rings. The molecule has 2 unspecified atom stereocenters. The van der Waals surface area contributed by atoms with E-state index in [9.17, 15) is 9.59 Å². The number of hydrogen-bond acceptors (Lipinski definition) is 7. The number of hydrogen-bond donors (Lipinski definition) is 3. The normalized spacial score (nSPS) is 18.1. The van der Waals surface area contributed by atoms with Crippen molar-refractivity contribution in [2.24, 2.45) is 5.10 Å². The van der Waals surface area contributed by atoms with Crippen LogP contribution in [-0.4, -0.2) is 37.3 Å². The van der Waals surface area contributed by atoms with Crippen molar-refractivity contribution in [3.63, 3.8) is 0 Å². The number of carbonyl (C=O) groups excluding carboxylic acids is 2. The third-order valence-electron chi connectivity index (χ3n) is 5.20. The average Bonchev–Trinajstić information content (AvgIpc) is 3.25. The molecule has 0 aliphatic carbocycles. The van der Waals surface area contributed by atoms with Crippen molar-refractivity contribution < 1.29 is 19.1 Å². The lowest BCUT2D eigenvalue weighted by Crippen LogP contribution is -2.41. The molecule has 1 aliphatic heterocycles. The summed E-state index contributed by atoms with van der Waals surface area (Å²) in [6.45, 7) is 1.99. The van der Waals surface area contributed by atoms with E-state index in [2.05, 4.69) is 21.4 Å². The minimum absolute atomic E-state index is 0.217. The van der Waals surface area contributed by atoms with E-state index in [4.69, 9.17) is 9.47 Å². The van der Waals surface area contributed by atoms with Crippen LogP contribution in [0.25, 0.3) is 10.8 Å². The standard InChI is InChI=1S/C24H24N4O4/c1-15-12-20(27-26-15)23(29)28-25-14-16-10-11-21(22(13-16)31-2)32-24(30)19-9-5-7-17-6-3-4-8-18(17)19/h3-11,13-15,20,26-27H,12H2,1-2H3,(H,28,29)/b25-14+. The van der Waals surface area contributed by atoms with Gasteiger partial charge in [0.15, 0.2) is 11.5 Å². The van der Waals surface area contributed by atoms with Gasteiger partial charge in [-0.2, -0.15) is 5.10 Å². The van der Waals surface area contributed by atoms with Crippen LogP contribution < -0.4 is 25.8 Å². The second kappa shape index (κ2) is 9.59. The van der Waals surface area contributed by atoms with Gasteiger partial charge in [0.05, 0.1) is 18.9 Å². The summed E-state index contributed by atoms with van der Waals surface area (Å²) in [4.78, 5) is 24.9. The molecule has 1 heterocycles. The fourth-order valence-electron chi connectivity index (χ4n) is 3.54. The number of fused-ring (bicyclic) bond motifs is 1. The molecule has 2 atom stereocenters. The fraction of sp³-hybridized carbons (Fsp3) is 0.208. The van der Waals surface area contributed by atoms with Crippen LogP contribution in [0, 0.1) is 0 Å². The zero-order chi connectivity index (χ0) is 22.5. The number of rotatable bonds is 6. The van der Waals surface area contributed by atoms with Crippen molar-refractivity contribution in [3.8, 4) is 11.5 Å². The molecule has 32 heavy (non-hydrogen) atoms. The first-order valence-electron chi connectivity index (χ1n) is 10.3. The number of hydrazone groups is 1. The summed E-state index contributed by atoms with van der Waals surface area (Å²) in [5, 5.41) is 5.78. The van der Waals surface area contributed by atoms with Gasteiger partial charge in [-0.3, -0.25) is 10.2 Å². The zero-order valence-corrected chi connectivity index (χ0v) is 17.8. The van der Waals surface area contributed by atoms with Crippen molar-refractivity contribution in [2.75, 3.05) is 7.11 Å². The fourth-order valence-corrected chi connectivity index (χ4v) is 3.54. The Morgan fingerprint density at radius 3 is 2.66 bits per heavy atom. The molecule has 164 valence electrons. The van der Waals surface area contributed by atoms with Crippen LogP contribution in [0.1, 0.15) is 29.3 Å².